The third kappa shape index (κ3) is 3.65. The van der Waals surface area contributed by atoms with Crippen molar-refractivity contribution >= 4 is 23.2 Å². The van der Waals surface area contributed by atoms with E-state index in [1.165, 1.54) is 12.1 Å². The maximum atomic E-state index is 13.2. The molecule has 7 heteroatoms. The van der Waals surface area contributed by atoms with Crippen LogP contribution in [0.4, 0.5) is 11.4 Å². The van der Waals surface area contributed by atoms with Crippen molar-refractivity contribution < 1.29 is 19.6 Å². The van der Waals surface area contributed by atoms with Crippen LogP contribution in [0.25, 0.3) is 11.1 Å². The van der Waals surface area contributed by atoms with E-state index < -0.39 is 16.7 Å². The Morgan fingerprint density at radius 1 is 0.818 bits per heavy atom. The number of benzene rings is 3. The van der Waals surface area contributed by atoms with Gasteiger partial charge in [0.15, 0.2) is 0 Å². The summed E-state index contributed by atoms with van der Waals surface area (Å²) in [5.74, 6) is -0.736. The third-order valence-corrected chi connectivity index (χ3v) is 5.95. The van der Waals surface area contributed by atoms with Crippen LogP contribution in [0.15, 0.2) is 54.6 Å². The van der Waals surface area contributed by atoms with Gasteiger partial charge in [-0.25, -0.2) is 4.90 Å². The van der Waals surface area contributed by atoms with Gasteiger partial charge in [-0.05, 0) is 52.8 Å². The Bertz CT molecular complexity index is 1280. The van der Waals surface area contributed by atoms with Gasteiger partial charge in [0.2, 0.25) is 0 Å². The fourth-order valence-corrected chi connectivity index (χ4v) is 4.19. The predicted molar refractivity (Wildman–Crippen MR) is 126 cm³/mol. The van der Waals surface area contributed by atoms with E-state index in [4.69, 9.17) is 0 Å². The highest BCUT2D eigenvalue weighted by atomic mass is 16.6. The van der Waals surface area contributed by atoms with Gasteiger partial charge in [-0.3, -0.25) is 19.7 Å². The smallest absolute Gasteiger partial charge is 0.270 e. The van der Waals surface area contributed by atoms with Gasteiger partial charge in [-0.15, -0.1) is 0 Å². The molecule has 0 saturated carbocycles. The van der Waals surface area contributed by atoms with Crippen LogP contribution in [-0.4, -0.2) is 21.8 Å². The van der Waals surface area contributed by atoms with E-state index >= 15 is 0 Å². The molecule has 1 aliphatic rings. The molecule has 0 spiro atoms. The summed E-state index contributed by atoms with van der Waals surface area (Å²) in [5.41, 5.74) is 3.29. The summed E-state index contributed by atoms with van der Waals surface area (Å²) in [6, 6.07) is 14.5. The lowest BCUT2D eigenvalue weighted by Gasteiger charge is -2.21. The Morgan fingerprint density at radius 2 is 1.39 bits per heavy atom. The number of anilines is 1. The van der Waals surface area contributed by atoms with Crippen molar-refractivity contribution in [2.75, 3.05) is 4.90 Å². The first kappa shape index (κ1) is 22.2. The van der Waals surface area contributed by atoms with Crippen LogP contribution >= 0.6 is 0 Å². The van der Waals surface area contributed by atoms with Gasteiger partial charge in [-0.1, -0.05) is 45.9 Å². The molecule has 168 valence electrons. The SMILES string of the molecule is CC(C)c1cc(-c2ccccc2N2C(=O)c3ccc([N+](=O)[O-])cc3C2=O)cc(C(C)C)c1O. The first-order valence-corrected chi connectivity index (χ1v) is 10.7. The zero-order valence-corrected chi connectivity index (χ0v) is 18.8. The number of hydrogen-bond acceptors (Lipinski definition) is 5. The highest BCUT2D eigenvalue weighted by Gasteiger charge is 2.39. The number of para-hydroxylation sites is 1. The number of nitrogens with zero attached hydrogens (tertiary/aromatic N) is 2. The van der Waals surface area contributed by atoms with Crippen molar-refractivity contribution in [3.63, 3.8) is 0 Å². The Balaban J connectivity index is 1.89. The number of phenols is 1. The number of phenolic OH excluding ortho intramolecular Hbond substituents is 1. The normalized spacial score (nSPS) is 13.2. The number of carbonyl (C=O) groups excluding carboxylic acids is 2. The number of rotatable bonds is 5. The molecule has 0 radical (unpaired) electrons. The Kier molecular flexibility index (Phi) is 5.49. The van der Waals surface area contributed by atoms with Crippen LogP contribution in [-0.2, 0) is 0 Å². The van der Waals surface area contributed by atoms with Gasteiger partial charge in [0.05, 0.1) is 21.7 Å². The number of carbonyl (C=O) groups is 2. The van der Waals surface area contributed by atoms with E-state index in [0.29, 0.717) is 11.3 Å². The van der Waals surface area contributed by atoms with Gasteiger partial charge in [0.1, 0.15) is 5.75 Å². The van der Waals surface area contributed by atoms with Crippen molar-refractivity contribution in [2.45, 2.75) is 39.5 Å². The average Bonchev–Trinajstić information content (AvgIpc) is 3.03. The van der Waals surface area contributed by atoms with Crippen LogP contribution in [0.3, 0.4) is 0 Å². The van der Waals surface area contributed by atoms with E-state index in [0.717, 1.165) is 27.7 Å². The van der Waals surface area contributed by atoms with E-state index in [1.54, 1.807) is 12.1 Å². The molecule has 1 N–H and O–H groups in total. The molecular weight excluding hydrogens is 420 g/mol. The van der Waals surface area contributed by atoms with Crippen molar-refractivity contribution in [1.29, 1.82) is 0 Å². The molecule has 0 unspecified atom stereocenters. The lowest BCUT2D eigenvalue weighted by Crippen LogP contribution is -2.29. The molecule has 33 heavy (non-hydrogen) atoms. The van der Waals surface area contributed by atoms with Gasteiger partial charge < -0.3 is 5.11 Å². The van der Waals surface area contributed by atoms with Gasteiger partial charge in [0, 0.05) is 17.7 Å². The minimum absolute atomic E-state index is 0.0143. The zero-order chi connectivity index (χ0) is 24.0. The van der Waals surface area contributed by atoms with Crippen LogP contribution in [0.5, 0.6) is 5.75 Å². The topological polar surface area (TPSA) is 101 Å². The lowest BCUT2D eigenvalue weighted by molar-refractivity contribution is -0.384. The molecule has 4 rings (SSSR count). The first-order chi connectivity index (χ1) is 15.6. The number of nitro groups is 1. The number of imide groups is 1. The Labute approximate surface area is 191 Å². The predicted octanol–water partition coefficient (Wildman–Crippen LogP) is 6.01. The minimum atomic E-state index is -0.599. The maximum absolute atomic E-state index is 13.2. The molecule has 0 aliphatic carbocycles. The summed E-state index contributed by atoms with van der Waals surface area (Å²) < 4.78 is 0. The standard InChI is InChI=1S/C26H24N2O5/c1-14(2)20-11-16(12-21(15(3)4)24(20)29)18-7-5-6-8-23(18)27-25(30)19-10-9-17(28(32)33)13-22(19)26(27)31/h5-15,29H,1-4H3. The molecular formula is C26H24N2O5. The third-order valence-electron chi connectivity index (χ3n) is 5.95. The number of hydrogen-bond donors (Lipinski definition) is 1. The molecule has 0 fully saturated rings. The van der Waals surface area contributed by atoms with Crippen LogP contribution in [0.1, 0.15) is 71.4 Å². The van der Waals surface area contributed by atoms with E-state index in [-0.39, 0.29) is 34.4 Å². The molecule has 1 aliphatic heterocycles. The highest BCUT2D eigenvalue weighted by Crippen LogP contribution is 2.42. The monoisotopic (exact) mass is 444 g/mol. The summed E-state index contributed by atoms with van der Waals surface area (Å²) in [4.78, 5) is 38.0. The van der Waals surface area contributed by atoms with Crippen molar-refractivity contribution in [1.82, 2.24) is 0 Å². The first-order valence-electron chi connectivity index (χ1n) is 10.7. The number of non-ortho nitro benzene ring substituents is 1. The summed E-state index contributed by atoms with van der Waals surface area (Å²) in [6.45, 7) is 7.97. The molecule has 2 amide bonds. The summed E-state index contributed by atoms with van der Waals surface area (Å²) in [7, 11) is 0. The summed E-state index contributed by atoms with van der Waals surface area (Å²) >= 11 is 0. The van der Waals surface area contributed by atoms with Gasteiger partial charge in [0.25, 0.3) is 17.5 Å². The molecule has 0 aromatic heterocycles. The number of amides is 2. The second-order valence-electron chi connectivity index (χ2n) is 8.76. The van der Waals surface area contributed by atoms with Crippen LogP contribution in [0, 0.1) is 10.1 Å². The molecule has 3 aromatic rings. The molecule has 0 atom stereocenters. The summed E-state index contributed by atoms with van der Waals surface area (Å²) in [5, 5.41) is 21.9. The van der Waals surface area contributed by atoms with E-state index in [2.05, 4.69) is 0 Å². The van der Waals surface area contributed by atoms with Crippen LogP contribution in [0.2, 0.25) is 0 Å². The lowest BCUT2D eigenvalue weighted by atomic mass is 9.89. The summed E-state index contributed by atoms with van der Waals surface area (Å²) in [6.07, 6.45) is 0. The number of nitro benzene ring substituents is 1. The number of aromatic hydroxyl groups is 1. The molecule has 7 nitrogen and oxygen atoms in total. The van der Waals surface area contributed by atoms with Crippen molar-refractivity contribution in [3.8, 4) is 16.9 Å². The second kappa shape index (κ2) is 8.16. The largest absolute Gasteiger partial charge is 0.507 e. The van der Waals surface area contributed by atoms with E-state index in [1.807, 2.05) is 52.0 Å². The Hall–Kier alpha value is -4.00. The van der Waals surface area contributed by atoms with Gasteiger partial charge in [-0.2, -0.15) is 0 Å². The van der Waals surface area contributed by atoms with Crippen LogP contribution < -0.4 is 4.90 Å². The zero-order valence-electron chi connectivity index (χ0n) is 18.8. The van der Waals surface area contributed by atoms with E-state index in [9.17, 15) is 24.8 Å². The second-order valence-corrected chi connectivity index (χ2v) is 8.76. The Morgan fingerprint density at radius 3 is 1.97 bits per heavy atom. The quantitative estimate of drug-likeness (QED) is 0.295. The molecule has 0 saturated heterocycles. The highest BCUT2D eigenvalue weighted by molar-refractivity contribution is 6.35. The van der Waals surface area contributed by atoms with Gasteiger partial charge >= 0.3 is 0 Å². The van der Waals surface area contributed by atoms with Crippen molar-refractivity contribution in [3.05, 3.63) is 87.0 Å². The van der Waals surface area contributed by atoms with Crippen molar-refractivity contribution in [2.24, 2.45) is 0 Å². The number of fused-ring (bicyclic) bond motifs is 1. The molecule has 3 aromatic carbocycles. The fraction of sp³-hybridized carbons (Fsp3) is 0.231. The molecule has 0 bridgehead atoms. The molecule has 1 heterocycles. The minimum Gasteiger partial charge on any atom is -0.507 e. The fourth-order valence-electron chi connectivity index (χ4n) is 4.19. The average molecular weight is 444 g/mol. The maximum Gasteiger partial charge on any atom is 0.270 e.